The molecule has 0 bridgehead atoms. The zero-order valence-corrected chi connectivity index (χ0v) is 12.4. The molecule has 1 aromatic heterocycles. The Balaban J connectivity index is 1.53. The first-order chi connectivity index (χ1) is 10.6. The number of aryl methyl sites for hydroxylation is 1. The van der Waals surface area contributed by atoms with Crippen molar-refractivity contribution < 1.29 is 13.9 Å². The van der Waals surface area contributed by atoms with Gasteiger partial charge in [0.1, 0.15) is 17.4 Å². The Bertz CT molecular complexity index is 671. The van der Waals surface area contributed by atoms with Crippen LogP contribution in [0.25, 0.3) is 0 Å². The maximum Gasteiger partial charge on any atom is 0.260 e. The van der Waals surface area contributed by atoms with Gasteiger partial charge < -0.3 is 14.6 Å². The molecule has 1 N–H and O–H groups in total. The Labute approximate surface area is 128 Å². The number of aromatic amines is 1. The van der Waals surface area contributed by atoms with E-state index in [9.17, 15) is 9.18 Å². The smallest absolute Gasteiger partial charge is 0.260 e. The van der Waals surface area contributed by atoms with Crippen LogP contribution in [0.3, 0.4) is 0 Å². The minimum atomic E-state index is -0.376. The average Bonchev–Trinajstić information content (AvgIpc) is 3.13. The van der Waals surface area contributed by atoms with Crippen LogP contribution in [0.15, 0.2) is 30.5 Å². The number of rotatable bonds is 4. The highest BCUT2D eigenvalue weighted by atomic mass is 19.1. The molecular formula is C16H18FN3O2. The zero-order valence-electron chi connectivity index (χ0n) is 12.4. The zero-order chi connectivity index (χ0) is 15.5. The van der Waals surface area contributed by atoms with Crippen LogP contribution in [0.5, 0.6) is 5.75 Å². The van der Waals surface area contributed by atoms with Crippen molar-refractivity contribution in [2.75, 3.05) is 19.7 Å². The summed E-state index contributed by atoms with van der Waals surface area (Å²) < 4.78 is 18.4. The SMILES string of the molecule is Cc1cnc([C@@H]2CCN(C(=O)COc3cccc(F)c3)C2)[nH]1. The van der Waals surface area contributed by atoms with Crippen molar-refractivity contribution >= 4 is 5.91 Å². The van der Waals surface area contributed by atoms with Gasteiger partial charge in [0.2, 0.25) is 0 Å². The van der Waals surface area contributed by atoms with Gasteiger partial charge in [0, 0.05) is 37.0 Å². The number of nitrogens with zero attached hydrogens (tertiary/aromatic N) is 2. The number of ether oxygens (including phenoxy) is 1. The van der Waals surface area contributed by atoms with Gasteiger partial charge >= 0.3 is 0 Å². The molecule has 1 saturated heterocycles. The van der Waals surface area contributed by atoms with Crippen LogP contribution in [0.1, 0.15) is 23.9 Å². The lowest BCUT2D eigenvalue weighted by molar-refractivity contribution is -0.132. The second-order valence-electron chi connectivity index (χ2n) is 5.52. The van der Waals surface area contributed by atoms with Crippen LogP contribution >= 0.6 is 0 Å². The van der Waals surface area contributed by atoms with Gasteiger partial charge in [-0.1, -0.05) is 6.07 Å². The van der Waals surface area contributed by atoms with E-state index in [1.54, 1.807) is 23.2 Å². The van der Waals surface area contributed by atoms with Gasteiger partial charge in [-0.05, 0) is 25.5 Å². The summed E-state index contributed by atoms with van der Waals surface area (Å²) in [6, 6.07) is 5.80. The summed E-state index contributed by atoms with van der Waals surface area (Å²) in [5.74, 6) is 1.07. The van der Waals surface area contributed by atoms with E-state index in [0.29, 0.717) is 18.8 Å². The quantitative estimate of drug-likeness (QED) is 0.942. The van der Waals surface area contributed by atoms with Crippen LogP contribution in [0.4, 0.5) is 4.39 Å². The molecule has 5 nitrogen and oxygen atoms in total. The van der Waals surface area contributed by atoms with E-state index >= 15 is 0 Å². The predicted octanol–water partition coefficient (Wildman–Crippen LogP) is 2.25. The Morgan fingerprint density at radius 2 is 2.41 bits per heavy atom. The van der Waals surface area contributed by atoms with E-state index in [4.69, 9.17) is 4.74 Å². The number of aromatic nitrogens is 2. The molecule has 0 saturated carbocycles. The fourth-order valence-corrected chi connectivity index (χ4v) is 2.64. The van der Waals surface area contributed by atoms with Crippen LogP contribution in [0, 0.1) is 12.7 Å². The summed E-state index contributed by atoms with van der Waals surface area (Å²) in [5, 5.41) is 0. The fraction of sp³-hybridized carbons (Fsp3) is 0.375. The Morgan fingerprint density at radius 3 is 3.14 bits per heavy atom. The number of hydrogen-bond acceptors (Lipinski definition) is 3. The molecule has 1 amide bonds. The molecule has 116 valence electrons. The second kappa shape index (κ2) is 6.17. The van der Waals surface area contributed by atoms with Crippen molar-refractivity contribution in [3.05, 3.63) is 47.8 Å². The summed E-state index contributed by atoms with van der Waals surface area (Å²) in [7, 11) is 0. The van der Waals surface area contributed by atoms with Gasteiger partial charge in [-0.25, -0.2) is 9.37 Å². The standard InChI is InChI=1S/C16H18FN3O2/c1-11-8-18-16(19-11)12-5-6-20(9-12)15(21)10-22-14-4-2-3-13(17)7-14/h2-4,7-8,12H,5-6,9-10H2,1H3,(H,18,19)/t12-/m1/s1. The minimum Gasteiger partial charge on any atom is -0.484 e. The number of carbonyl (C=O) groups excluding carboxylic acids is 1. The van der Waals surface area contributed by atoms with Crippen molar-refractivity contribution in [2.24, 2.45) is 0 Å². The van der Waals surface area contributed by atoms with Gasteiger partial charge in [0.15, 0.2) is 6.61 Å². The molecule has 0 spiro atoms. The van der Waals surface area contributed by atoms with Crippen molar-refractivity contribution in [3.63, 3.8) is 0 Å². The number of hydrogen-bond donors (Lipinski definition) is 1. The number of likely N-dealkylation sites (tertiary alicyclic amines) is 1. The molecule has 1 fully saturated rings. The summed E-state index contributed by atoms with van der Waals surface area (Å²) in [5.41, 5.74) is 1.02. The first kappa shape index (κ1) is 14.6. The van der Waals surface area contributed by atoms with Gasteiger partial charge in [-0.2, -0.15) is 0 Å². The highest BCUT2D eigenvalue weighted by Gasteiger charge is 2.29. The van der Waals surface area contributed by atoms with Gasteiger partial charge in [0.25, 0.3) is 5.91 Å². The topological polar surface area (TPSA) is 58.2 Å². The van der Waals surface area contributed by atoms with E-state index in [2.05, 4.69) is 9.97 Å². The third-order valence-corrected chi connectivity index (χ3v) is 3.81. The lowest BCUT2D eigenvalue weighted by atomic mass is 10.1. The van der Waals surface area contributed by atoms with Crippen molar-refractivity contribution in [1.29, 1.82) is 0 Å². The van der Waals surface area contributed by atoms with Crippen molar-refractivity contribution in [1.82, 2.24) is 14.9 Å². The third-order valence-electron chi connectivity index (χ3n) is 3.81. The van der Waals surface area contributed by atoms with E-state index in [1.165, 1.54) is 12.1 Å². The molecule has 1 atom stereocenters. The number of imidazole rings is 1. The normalized spacial score (nSPS) is 17.7. The fourth-order valence-electron chi connectivity index (χ4n) is 2.64. The molecule has 1 aromatic carbocycles. The molecule has 2 heterocycles. The van der Waals surface area contributed by atoms with Crippen LogP contribution in [0.2, 0.25) is 0 Å². The summed E-state index contributed by atoms with van der Waals surface area (Å²) in [6.07, 6.45) is 2.69. The van der Waals surface area contributed by atoms with Gasteiger partial charge in [0.05, 0.1) is 0 Å². The number of amides is 1. The molecule has 1 aliphatic rings. The molecule has 6 heteroatoms. The molecule has 22 heavy (non-hydrogen) atoms. The van der Waals surface area contributed by atoms with E-state index in [-0.39, 0.29) is 24.2 Å². The maximum atomic E-state index is 13.0. The first-order valence-corrected chi connectivity index (χ1v) is 7.29. The average molecular weight is 303 g/mol. The monoisotopic (exact) mass is 303 g/mol. The molecule has 1 aliphatic heterocycles. The second-order valence-corrected chi connectivity index (χ2v) is 5.52. The highest BCUT2D eigenvalue weighted by molar-refractivity contribution is 5.78. The van der Waals surface area contributed by atoms with Crippen LogP contribution in [-0.4, -0.2) is 40.5 Å². The lowest BCUT2D eigenvalue weighted by Crippen LogP contribution is -2.32. The van der Waals surface area contributed by atoms with E-state index < -0.39 is 0 Å². The molecule has 2 aromatic rings. The number of H-pyrrole nitrogens is 1. The van der Waals surface area contributed by atoms with Crippen molar-refractivity contribution in [2.45, 2.75) is 19.3 Å². The molecule has 0 radical (unpaired) electrons. The third kappa shape index (κ3) is 3.27. The minimum absolute atomic E-state index is 0.0760. The van der Waals surface area contributed by atoms with Crippen LogP contribution in [-0.2, 0) is 4.79 Å². The predicted molar refractivity (Wildman–Crippen MR) is 79.2 cm³/mol. The highest BCUT2D eigenvalue weighted by Crippen LogP contribution is 2.25. The number of benzene rings is 1. The summed E-state index contributed by atoms with van der Waals surface area (Å²) in [4.78, 5) is 21.5. The Hall–Kier alpha value is -2.37. The van der Waals surface area contributed by atoms with Crippen LogP contribution < -0.4 is 4.74 Å². The maximum absolute atomic E-state index is 13.0. The number of halogens is 1. The Kier molecular flexibility index (Phi) is 4.09. The lowest BCUT2D eigenvalue weighted by Gasteiger charge is -2.16. The number of nitrogens with one attached hydrogen (secondary N) is 1. The molecule has 3 rings (SSSR count). The molecule has 0 unspecified atom stereocenters. The van der Waals surface area contributed by atoms with Gasteiger partial charge in [-0.3, -0.25) is 4.79 Å². The molecule has 0 aliphatic carbocycles. The largest absolute Gasteiger partial charge is 0.484 e. The van der Waals surface area contributed by atoms with Gasteiger partial charge in [-0.15, -0.1) is 0 Å². The molecular weight excluding hydrogens is 285 g/mol. The first-order valence-electron chi connectivity index (χ1n) is 7.29. The summed E-state index contributed by atoms with van der Waals surface area (Å²) >= 11 is 0. The summed E-state index contributed by atoms with van der Waals surface area (Å²) in [6.45, 7) is 3.21. The van der Waals surface area contributed by atoms with E-state index in [1.807, 2.05) is 6.92 Å². The Morgan fingerprint density at radius 1 is 1.55 bits per heavy atom. The number of carbonyl (C=O) groups is 1. The van der Waals surface area contributed by atoms with E-state index in [0.717, 1.165) is 17.9 Å². The van der Waals surface area contributed by atoms with Crippen molar-refractivity contribution in [3.8, 4) is 5.75 Å².